The molecule has 5 heteroatoms. The van der Waals surface area contributed by atoms with Crippen LogP contribution in [0.5, 0.6) is 5.75 Å². The quantitative estimate of drug-likeness (QED) is 0.881. The molecule has 1 fully saturated rings. The third kappa shape index (κ3) is 3.44. The van der Waals surface area contributed by atoms with E-state index < -0.39 is 5.82 Å². The van der Waals surface area contributed by atoms with Crippen LogP contribution in [-0.2, 0) is 4.79 Å². The first-order valence-electron chi connectivity index (χ1n) is 6.48. The van der Waals surface area contributed by atoms with Crippen LogP contribution in [0.15, 0.2) is 18.2 Å². The predicted molar refractivity (Wildman–Crippen MR) is 71.8 cm³/mol. The number of hydrogen-bond acceptors (Lipinski definition) is 3. The van der Waals surface area contributed by atoms with Gasteiger partial charge in [-0.3, -0.25) is 4.79 Å². The molecule has 0 spiro atoms. The van der Waals surface area contributed by atoms with Crippen molar-refractivity contribution in [3.05, 3.63) is 24.0 Å². The molecule has 0 radical (unpaired) electrons. The number of anilines is 1. The molecule has 19 heavy (non-hydrogen) atoms. The van der Waals surface area contributed by atoms with Crippen molar-refractivity contribution in [2.75, 3.05) is 19.0 Å². The van der Waals surface area contributed by atoms with Gasteiger partial charge in [0, 0.05) is 11.8 Å². The van der Waals surface area contributed by atoms with Gasteiger partial charge in [0.2, 0.25) is 5.91 Å². The molecule has 2 atom stereocenters. The second-order valence-corrected chi connectivity index (χ2v) is 4.97. The van der Waals surface area contributed by atoms with Crippen LogP contribution < -0.4 is 15.4 Å². The zero-order chi connectivity index (χ0) is 13.8. The molecule has 4 nitrogen and oxygen atoms in total. The minimum atomic E-state index is -0.481. The van der Waals surface area contributed by atoms with E-state index in [0.717, 1.165) is 19.4 Å². The highest BCUT2D eigenvalue weighted by molar-refractivity contribution is 5.94. The van der Waals surface area contributed by atoms with Gasteiger partial charge in [-0.2, -0.15) is 0 Å². The Morgan fingerprint density at radius 1 is 1.53 bits per heavy atom. The summed E-state index contributed by atoms with van der Waals surface area (Å²) in [4.78, 5) is 12.1. The molecule has 1 aromatic carbocycles. The summed E-state index contributed by atoms with van der Waals surface area (Å²) in [6, 6.07) is 4.20. The highest BCUT2D eigenvalue weighted by Crippen LogP contribution is 2.21. The first-order valence-corrected chi connectivity index (χ1v) is 6.48. The van der Waals surface area contributed by atoms with Gasteiger partial charge in [0.25, 0.3) is 0 Å². The standard InChI is InChI=1S/C14H19FN2O2/c1-9-5-6-16-12(7-9)14(18)17-10-3-4-13(19-2)11(15)8-10/h3-4,8-9,12,16H,5-7H2,1-2H3,(H,17,18). The Balaban J connectivity index is 2.00. The number of carbonyl (C=O) groups excluding carboxylic acids is 1. The minimum absolute atomic E-state index is 0.115. The van der Waals surface area contributed by atoms with Crippen molar-refractivity contribution in [1.29, 1.82) is 0 Å². The Morgan fingerprint density at radius 2 is 2.32 bits per heavy atom. The molecule has 2 N–H and O–H groups in total. The Labute approximate surface area is 112 Å². The van der Waals surface area contributed by atoms with E-state index in [-0.39, 0.29) is 17.7 Å². The van der Waals surface area contributed by atoms with Gasteiger partial charge in [-0.25, -0.2) is 4.39 Å². The van der Waals surface area contributed by atoms with E-state index in [1.54, 1.807) is 6.07 Å². The summed E-state index contributed by atoms with van der Waals surface area (Å²) >= 11 is 0. The fourth-order valence-electron chi connectivity index (χ4n) is 2.28. The lowest BCUT2D eigenvalue weighted by atomic mass is 9.94. The van der Waals surface area contributed by atoms with Crippen molar-refractivity contribution < 1.29 is 13.9 Å². The number of ether oxygens (including phenoxy) is 1. The second kappa shape index (κ2) is 6.02. The number of benzene rings is 1. The minimum Gasteiger partial charge on any atom is -0.494 e. The van der Waals surface area contributed by atoms with Crippen molar-refractivity contribution in [2.45, 2.75) is 25.8 Å². The molecule has 1 saturated heterocycles. The molecule has 104 valence electrons. The van der Waals surface area contributed by atoms with Crippen LogP contribution in [0.4, 0.5) is 10.1 Å². The van der Waals surface area contributed by atoms with Crippen LogP contribution >= 0.6 is 0 Å². The SMILES string of the molecule is COc1ccc(NC(=O)C2CC(C)CCN2)cc1F. The molecule has 2 rings (SSSR count). The topological polar surface area (TPSA) is 50.4 Å². The summed E-state index contributed by atoms with van der Waals surface area (Å²) in [5, 5.41) is 5.90. The van der Waals surface area contributed by atoms with Gasteiger partial charge in [0.05, 0.1) is 13.2 Å². The van der Waals surface area contributed by atoms with Crippen LogP contribution in [0.25, 0.3) is 0 Å². The number of nitrogens with one attached hydrogen (secondary N) is 2. The fraction of sp³-hybridized carbons (Fsp3) is 0.500. The Morgan fingerprint density at radius 3 is 2.95 bits per heavy atom. The largest absolute Gasteiger partial charge is 0.494 e. The zero-order valence-electron chi connectivity index (χ0n) is 11.2. The van der Waals surface area contributed by atoms with Crippen molar-refractivity contribution in [1.82, 2.24) is 5.32 Å². The molecule has 1 heterocycles. The summed E-state index contributed by atoms with van der Waals surface area (Å²) in [5.41, 5.74) is 0.448. The van der Waals surface area contributed by atoms with Gasteiger partial charge in [0.15, 0.2) is 11.6 Å². The maximum atomic E-state index is 13.5. The fourth-order valence-corrected chi connectivity index (χ4v) is 2.28. The van der Waals surface area contributed by atoms with Crippen LogP contribution in [0.2, 0.25) is 0 Å². The van der Waals surface area contributed by atoms with Gasteiger partial charge >= 0.3 is 0 Å². The smallest absolute Gasteiger partial charge is 0.241 e. The van der Waals surface area contributed by atoms with Gasteiger partial charge < -0.3 is 15.4 Å². The molecule has 1 aromatic rings. The molecule has 0 aliphatic carbocycles. The van der Waals surface area contributed by atoms with Gasteiger partial charge in [-0.15, -0.1) is 0 Å². The number of carbonyl (C=O) groups is 1. The second-order valence-electron chi connectivity index (χ2n) is 4.97. The first kappa shape index (κ1) is 13.8. The summed E-state index contributed by atoms with van der Waals surface area (Å²) < 4.78 is 18.3. The Hall–Kier alpha value is -1.62. The lowest BCUT2D eigenvalue weighted by Gasteiger charge is -2.27. The lowest BCUT2D eigenvalue weighted by Crippen LogP contribution is -2.45. The normalized spacial score (nSPS) is 22.9. The van der Waals surface area contributed by atoms with Crippen LogP contribution in [0.3, 0.4) is 0 Å². The molecule has 2 unspecified atom stereocenters. The molecule has 0 bridgehead atoms. The first-order chi connectivity index (χ1) is 9.10. The average molecular weight is 266 g/mol. The number of rotatable bonds is 3. The summed E-state index contributed by atoms with van der Waals surface area (Å²) in [6.45, 7) is 2.98. The summed E-state index contributed by atoms with van der Waals surface area (Å²) in [5.74, 6) is 0.105. The van der Waals surface area contributed by atoms with E-state index in [1.165, 1.54) is 19.2 Å². The molecule has 1 amide bonds. The molecular weight excluding hydrogens is 247 g/mol. The van der Waals surface area contributed by atoms with Crippen LogP contribution in [0, 0.1) is 11.7 Å². The van der Waals surface area contributed by atoms with E-state index in [4.69, 9.17) is 4.74 Å². The van der Waals surface area contributed by atoms with Crippen LogP contribution in [-0.4, -0.2) is 25.6 Å². The third-order valence-corrected chi connectivity index (χ3v) is 3.40. The Bertz CT molecular complexity index is 465. The number of piperidine rings is 1. The van der Waals surface area contributed by atoms with Gasteiger partial charge in [-0.1, -0.05) is 6.92 Å². The molecule has 0 saturated carbocycles. The summed E-state index contributed by atoms with van der Waals surface area (Å²) in [6.07, 6.45) is 1.89. The maximum absolute atomic E-state index is 13.5. The number of halogens is 1. The van der Waals surface area contributed by atoms with Crippen molar-refractivity contribution >= 4 is 11.6 Å². The van der Waals surface area contributed by atoms with Gasteiger partial charge in [0.1, 0.15) is 0 Å². The molecule has 1 aliphatic rings. The number of hydrogen-bond donors (Lipinski definition) is 2. The number of methoxy groups -OCH3 is 1. The molecule has 0 aromatic heterocycles. The molecule has 1 aliphatic heterocycles. The third-order valence-electron chi connectivity index (χ3n) is 3.40. The van der Waals surface area contributed by atoms with E-state index >= 15 is 0 Å². The van der Waals surface area contributed by atoms with E-state index in [1.807, 2.05) is 0 Å². The predicted octanol–water partition coefficient (Wildman–Crippen LogP) is 2.16. The monoisotopic (exact) mass is 266 g/mol. The zero-order valence-corrected chi connectivity index (χ0v) is 11.2. The highest BCUT2D eigenvalue weighted by Gasteiger charge is 2.24. The highest BCUT2D eigenvalue weighted by atomic mass is 19.1. The number of amides is 1. The van der Waals surface area contributed by atoms with Crippen LogP contribution in [0.1, 0.15) is 19.8 Å². The van der Waals surface area contributed by atoms with Gasteiger partial charge in [-0.05, 0) is 37.4 Å². The van der Waals surface area contributed by atoms with E-state index in [9.17, 15) is 9.18 Å². The van der Waals surface area contributed by atoms with E-state index in [2.05, 4.69) is 17.6 Å². The van der Waals surface area contributed by atoms with E-state index in [0.29, 0.717) is 11.6 Å². The maximum Gasteiger partial charge on any atom is 0.241 e. The summed E-state index contributed by atoms with van der Waals surface area (Å²) in [7, 11) is 1.41. The van der Waals surface area contributed by atoms with Crippen molar-refractivity contribution in [3.63, 3.8) is 0 Å². The lowest BCUT2D eigenvalue weighted by molar-refractivity contribution is -0.119. The Kier molecular flexibility index (Phi) is 4.37. The van der Waals surface area contributed by atoms with Crippen molar-refractivity contribution in [2.24, 2.45) is 5.92 Å². The molecular formula is C14H19FN2O2. The van der Waals surface area contributed by atoms with Crippen molar-refractivity contribution in [3.8, 4) is 5.75 Å². The average Bonchev–Trinajstić information content (AvgIpc) is 2.39.